The summed E-state index contributed by atoms with van der Waals surface area (Å²) in [4.78, 5) is 19.6. The van der Waals surface area contributed by atoms with E-state index in [1.54, 1.807) is 25.3 Å². The average molecular weight is 459 g/mol. The summed E-state index contributed by atoms with van der Waals surface area (Å²) in [6, 6.07) is 15.7. The van der Waals surface area contributed by atoms with Crippen LogP contribution in [0.4, 0.5) is 0 Å². The molecule has 174 valence electrons. The van der Waals surface area contributed by atoms with Crippen LogP contribution in [0.3, 0.4) is 0 Å². The van der Waals surface area contributed by atoms with Gasteiger partial charge in [-0.05, 0) is 48.6 Å². The van der Waals surface area contributed by atoms with Gasteiger partial charge in [-0.3, -0.25) is 9.78 Å². The molecule has 0 radical (unpaired) electrons. The number of nitrogens with zero attached hydrogens (tertiary/aromatic N) is 4. The molecule has 0 unspecified atom stereocenters. The Kier molecular flexibility index (Phi) is 6.49. The Labute approximate surface area is 197 Å². The minimum absolute atomic E-state index is 0.0659. The van der Waals surface area contributed by atoms with E-state index in [2.05, 4.69) is 33.5 Å². The van der Waals surface area contributed by atoms with Crippen LogP contribution < -0.4 is 4.74 Å². The van der Waals surface area contributed by atoms with Crippen LogP contribution in [0.15, 0.2) is 65.6 Å². The molecule has 1 atom stereocenters. The molecule has 8 heteroatoms. The van der Waals surface area contributed by atoms with E-state index in [-0.39, 0.29) is 18.4 Å². The van der Waals surface area contributed by atoms with Gasteiger partial charge in [-0.15, -0.1) is 0 Å². The topological polar surface area (TPSA) is 90.6 Å². The summed E-state index contributed by atoms with van der Waals surface area (Å²) in [7, 11) is 0. The number of carbonyl (C=O) groups is 1. The molecule has 2 aromatic heterocycles. The maximum absolute atomic E-state index is 13.5. The third-order valence-electron chi connectivity index (χ3n) is 6.08. The zero-order chi connectivity index (χ0) is 23.3. The van der Waals surface area contributed by atoms with Crippen molar-refractivity contribution in [2.24, 2.45) is 5.92 Å². The summed E-state index contributed by atoms with van der Waals surface area (Å²) < 4.78 is 16.5. The van der Waals surface area contributed by atoms with Crippen LogP contribution in [-0.4, -0.2) is 52.4 Å². The van der Waals surface area contributed by atoms with Gasteiger partial charge in [0.2, 0.25) is 0 Å². The van der Waals surface area contributed by atoms with Crippen LogP contribution in [0.1, 0.15) is 27.3 Å². The number of hydrogen-bond donors (Lipinski definition) is 0. The predicted molar refractivity (Wildman–Crippen MR) is 125 cm³/mol. The van der Waals surface area contributed by atoms with E-state index in [0.717, 1.165) is 11.8 Å². The van der Waals surface area contributed by atoms with Crippen molar-refractivity contribution < 1.29 is 18.9 Å². The number of aryl methyl sites for hydroxylation is 1. The van der Waals surface area contributed by atoms with Gasteiger partial charge in [0.25, 0.3) is 5.91 Å². The molecular formula is C26H26N4O4. The predicted octanol–water partition coefficient (Wildman–Crippen LogP) is 3.84. The van der Waals surface area contributed by atoms with E-state index in [4.69, 9.17) is 14.1 Å². The molecule has 1 amide bonds. The normalized spacial score (nSPS) is 16.4. The summed E-state index contributed by atoms with van der Waals surface area (Å²) in [5.41, 5.74) is 3.01. The lowest BCUT2D eigenvalue weighted by Gasteiger charge is -2.24. The molecule has 4 aromatic rings. The first kappa shape index (κ1) is 22.0. The van der Waals surface area contributed by atoms with E-state index in [1.165, 1.54) is 10.9 Å². The number of carbonyl (C=O) groups excluding carboxylic acids is 1. The van der Waals surface area contributed by atoms with Gasteiger partial charge >= 0.3 is 0 Å². The van der Waals surface area contributed by atoms with Crippen molar-refractivity contribution in [2.45, 2.75) is 20.0 Å². The lowest BCUT2D eigenvalue weighted by molar-refractivity contribution is 0.0732. The number of fused-ring (bicyclic) bond motifs is 1. The average Bonchev–Trinajstić information content (AvgIpc) is 3.13. The van der Waals surface area contributed by atoms with E-state index >= 15 is 0 Å². The Hall–Kier alpha value is -3.78. The molecule has 8 nitrogen and oxygen atoms in total. The van der Waals surface area contributed by atoms with Crippen LogP contribution >= 0.6 is 0 Å². The minimum atomic E-state index is -0.0659. The third-order valence-corrected chi connectivity index (χ3v) is 6.08. The zero-order valence-electron chi connectivity index (χ0n) is 19.0. The van der Waals surface area contributed by atoms with Crippen LogP contribution in [-0.2, 0) is 17.8 Å². The second kappa shape index (κ2) is 10.0. The molecule has 1 fully saturated rings. The molecule has 0 spiro atoms. The molecule has 1 aliphatic heterocycles. The fraction of sp³-hybridized carbons (Fsp3) is 0.308. The van der Waals surface area contributed by atoms with Crippen LogP contribution in [0.25, 0.3) is 10.8 Å². The lowest BCUT2D eigenvalue weighted by atomic mass is 9.97. The van der Waals surface area contributed by atoms with Crippen molar-refractivity contribution in [1.29, 1.82) is 0 Å². The summed E-state index contributed by atoms with van der Waals surface area (Å²) in [5.74, 6) is 0.639. The molecule has 1 aliphatic rings. The van der Waals surface area contributed by atoms with Gasteiger partial charge in [-0.25, -0.2) is 4.63 Å². The third kappa shape index (κ3) is 4.92. The molecular weight excluding hydrogens is 432 g/mol. The second-order valence-corrected chi connectivity index (χ2v) is 8.53. The first-order valence-electron chi connectivity index (χ1n) is 11.4. The molecule has 0 saturated carbocycles. The summed E-state index contributed by atoms with van der Waals surface area (Å²) >= 11 is 0. The van der Waals surface area contributed by atoms with Gasteiger partial charge in [-0.2, -0.15) is 0 Å². The number of amides is 1. The number of rotatable bonds is 6. The quantitative estimate of drug-likeness (QED) is 0.434. The Bertz CT molecular complexity index is 1290. The fourth-order valence-electron chi connectivity index (χ4n) is 4.25. The molecule has 34 heavy (non-hydrogen) atoms. The SMILES string of the molecule is Cc1nonc1COc1ccccc1C(=O)N1CCOC[C@H](Cc2ccc3ccncc3c2)C1. The monoisotopic (exact) mass is 458 g/mol. The van der Waals surface area contributed by atoms with Crippen LogP contribution in [0.2, 0.25) is 0 Å². The van der Waals surface area contributed by atoms with Crippen LogP contribution in [0, 0.1) is 12.8 Å². The lowest BCUT2D eigenvalue weighted by Crippen LogP contribution is -2.36. The Balaban J connectivity index is 1.30. The first-order chi connectivity index (χ1) is 16.7. The highest BCUT2D eigenvalue weighted by Crippen LogP contribution is 2.24. The number of benzene rings is 2. The van der Waals surface area contributed by atoms with Crippen molar-refractivity contribution in [3.63, 3.8) is 0 Å². The van der Waals surface area contributed by atoms with E-state index < -0.39 is 0 Å². The highest BCUT2D eigenvalue weighted by atomic mass is 16.6. The molecule has 2 aromatic carbocycles. The highest BCUT2D eigenvalue weighted by Gasteiger charge is 2.26. The fourth-order valence-corrected chi connectivity index (χ4v) is 4.25. The van der Waals surface area contributed by atoms with Crippen molar-refractivity contribution >= 4 is 16.7 Å². The molecule has 0 aliphatic carbocycles. The minimum Gasteiger partial charge on any atom is -0.486 e. The van der Waals surface area contributed by atoms with E-state index in [9.17, 15) is 4.79 Å². The van der Waals surface area contributed by atoms with Gasteiger partial charge < -0.3 is 14.4 Å². The summed E-state index contributed by atoms with van der Waals surface area (Å²) in [6.07, 6.45) is 4.51. The smallest absolute Gasteiger partial charge is 0.257 e. The van der Waals surface area contributed by atoms with Gasteiger partial charge in [0, 0.05) is 36.8 Å². The maximum atomic E-state index is 13.5. The highest BCUT2D eigenvalue weighted by molar-refractivity contribution is 5.97. The number of para-hydroxylation sites is 1. The van der Waals surface area contributed by atoms with Crippen molar-refractivity contribution in [3.8, 4) is 5.75 Å². The van der Waals surface area contributed by atoms with Gasteiger partial charge in [0.05, 0.1) is 18.8 Å². The molecule has 1 saturated heterocycles. The molecule has 5 rings (SSSR count). The number of hydrogen-bond acceptors (Lipinski definition) is 7. The summed E-state index contributed by atoms with van der Waals surface area (Å²) in [5, 5.41) is 9.90. The Morgan fingerprint density at radius 1 is 1.15 bits per heavy atom. The van der Waals surface area contributed by atoms with E-state index in [0.29, 0.717) is 49.0 Å². The number of ether oxygens (including phenoxy) is 2. The van der Waals surface area contributed by atoms with Crippen molar-refractivity contribution in [3.05, 3.63) is 83.4 Å². The molecule has 0 bridgehead atoms. The number of pyridine rings is 1. The van der Waals surface area contributed by atoms with Crippen LogP contribution in [0.5, 0.6) is 5.75 Å². The summed E-state index contributed by atoms with van der Waals surface area (Å²) in [6.45, 7) is 4.27. The molecule has 3 heterocycles. The first-order valence-corrected chi connectivity index (χ1v) is 11.4. The molecule has 0 N–H and O–H groups in total. The standard InChI is InChI=1S/C26H26N4O4/c1-18-24(29-34-28-18)17-33-25-5-3-2-4-23(25)26(31)30-10-11-32-16-20(15-30)12-19-6-7-21-8-9-27-14-22(21)13-19/h2-9,13-14,20H,10-12,15-17H2,1H3/t20-/m1/s1. The zero-order valence-corrected chi connectivity index (χ0v) is 19.0. The maximum Gasteiger partial charge on any atom is 0.257 e. The van der Waals surface area contributed by atoms with Gasteiger partial charge in [0.1, 0.15) is 23.7 Å². The Morgan fingerprint density at radius 2 is 2.06 bits per heavy atom. The van der Waals surface area contributed by atoms with Crippen molar-refractivity contribution in [1.82, 2.24) is 20.2 Å². The largest absolute Gasteiger partial charge is 0.486 e. The van der Waals surface area contributed by atoms with Gasteiger partial charge in [0.15, 0.2) is 0 Å². The van der Waals surface area contributed by atoms with Crippen molar-refractivity contribution in [2.75, 3.05) is 26.3 Å². The second-order valence-electron chi connectivity index (χ2n) is 8.53. The number of aromatic nitrogens is 3. The van der Waals surface area contributed by atoms with E-state index in [1.807, 2.05) is 29.3 Å². The Morgan fingerprint density at radius 3 is 2.94 bits per heavy atom. The van der Waals surface area contributed by atoms with Gasteiger partial charge in [-0.1, -0.05) is 34.6 Å².